The molecule has 2 aliphatic heterocycles. The molecule has 4 aliphatic carbocycles. The lowest BCUT2D eigenvalue weighted by atomic mass is 9.35. The maximum atomic E-state index is 14.1. The van der Waals surface area contributed by atoms with Crippen LogP contribution >= 0.6 is 0 Å². The molecule has 11 heteroatoms. The first-order valence-corrected chi connectivity index (χ1v) is 14.4. The summed E-state index contributed by atoms with van der Waals surface area (Å²) in [4.78, 5) is 26.5. The second-order valence-electron chi connectivity index (χ2n) is 12.0. The fourth-order valence-corrected chi connectivity index (χ4v) is 10.0. The van der Waals surface area contributed by atoms with Gasteiger partial charge in [-0.3, -0.25) is 13.8 Å². The van der Waals surface area contributed by atoms with Crippen LogP contribution in [0.3, 0.4) is 0 Å². The van der Waals surface area contributed by atoms with Gasteiger partial charge in [0.15, 0.2) is 5.78 Å². The van der Waals surface area contributed by atoms with E-state index in [0.717, 1.165) is 0 Å². The largest absolute Gasteiger partial charge is 0.459 e. The Morgan fingerprint density at radius 1 is 1.28 bits per heavy atom. The molecule has 0 aromatic carbocycles. The Morgan fingerprint density at radius 3 is 2.61 bits per heavy atom. The van der Waals surface area contributed by atoms with Gasteiger partial charge in [-0.05, 0) is 49.0 Å². The molecule has 6 aliphatic rings. The first kappa shape index (κ1) is 26.2. The highest BCUT2D eigenvalue weighted by molar-refractivity contribution is 7.86. The lowest BCUT2D eigenvalue weighted by Crippen LogP contribution is -2.86. The van der Waals surface area contributed by atoms with Crippen LogP contribution in [-0.2, 0) is 33.4 Å². The Bertz CT molecular complexity index is 1100. The number of fused-ring (bicyclic) bond motifs is 2. The van der Waals surface area contributed by atoms with Crippen LogP contribution in [-0.4, -0.2) is 73.4 Å². The molecule has 6 rings (SSSR count). The lowest BCUT2D eigenvalue weighted by molar-refractivity contribution is -0.456. The van der Waals surface area contributed by atoms with Gasteiger partial charge in [-0.2, -0.15) is 8.42 Å². The third-order valence-corrected chi connectivity index (χ3v) is 11.4. The van der Waals surface area contributed by atoms with Gasteiger partial charge in [0.1, 0.15) is 17.6 Å². The van der Waals surface area contributed by atoms with Crippen LogP contribution < -0.4 is 5.73 Å². The van der Waals surface area contributed by atoms with E-state index in [1.165, 1.54) is 0 Å². The number of aliphatic hydroxyl groups excluding tert-OH is 1. The summed E-state index contributed by atoms with van der Waals surface area (Å²) in [6.45, 7) is 9.16. The predicted octanol–water partition coefficient (Wildman–Crippen LogP) is 0.649. The highest BCUT2D eigenvalue weighted by atomic mass is 32.2. The van der Waals surface area contributed by atoms with Gasteiger partial charge in [0, 0.05) is 17.3 Å². The van der Waals surface area contributed by atoms with E-state index in [0.29, 0.717) is 32.1 Å². The standard InChI is InChI=1S/C25H37NO9S/c1-5-10-36(31,32)35-16-8-9-22(3,4)18-20(29)25(30)24-15(23(16,18)12-33-25)7-6-14(13(2)19(24)28)21(24)34-17(27)11-26/h14-16,18,20-21,29-30H,2,5-12,26H2,1,3-4H3/t14-,15+,16+,18-,20+,21-,23-,24+,25-/m1/s1. The average Bonchev–Trinajstić information content (AvgIpc) is 2.91. The molecule has 6 fully saturated rings. The molecule has 4 bridgehead atoms. The van der Waals surface area contributed by atoms with E-state index < -0.39 is 86.5 Å². The summed E-state index contributed by atoms with van der Waals surface area (Å²) in [5.74, 6) is -5.62. The highest BCUT2D eigenvalue weighted by Crippen LogP contribution is 2.77. The zero-order valence-electron chi connectivity index (χ0n) is 21.1. The number of hydrogen-bond donors (Lipinski definition) is 3. The molecule has 2 heterocycles. The Labute approximate surface area is 211 Å². The Morgan fingerprint density at radius 2 is 1.97 bits per heavy atom. The molecule has 4 saturated carbocycles. The molecule has 2 spiro atoms. The van der Waals surface area contributed by atoms with Gasteiger partial charge in [-0.15, -0.1) is 0 Å². The highest BCUT2D eigenvalue weighted by Gasteiger charge is 2.88. The molecule has 0 aromatic heterocycles. The SMILES string of the molecule is C=C1C(=O)[C@]23[C@H](OC(=O)CN)[C@@H]1CC[C@H]2[C@@]12CO[C@]3(O)[C@@H](O)[C@@H]1C(C)(C)CC[C@@H]2OS(=O)(=O)CCC. The molecule has 36 heavy (non-hydrogen) atoms. The molecular weight excluding hydrogens is 490 g/mol. The predicted molar refractivity (Wildman–Crippen MR) is 127 cm³/mol. The molecule has 202 valence electrons. The van der Waals surface area contributed by atoms with Crippen molar-refractivity contribution in [2.24, 2.45) is 39.7 Å². The van der Waals surface area contributed by atoms with E-state index in [2.05, 4.69) is 6.58 Å². The van der Waals surface area contributed by atoms with Gasteiger partial charge in [0.2, 0.25) is 5.79 Å². The fourth-order valence-electron chi connectivity index (χ4n) is 8.82. The number of nitrogens with two attached hydrogens (primary N) is 1. The van der Waals surface area contributed by atoms with E-state index in [1.54, 1.807) is 6.92 Å². The third-order valence-electron chi connectivity index (χ3n) is 9.96. The van der Waals surface area contributed by atoms with Gasteiger partial charge >= 0.3 is 5.97 Å². The summed E-state index contributed by atoms with van der Waals surface area (Å²) in [5, 5.41) is 24.0. The number of rotatable bonds is 6. The zero-order valence-corrected chi connectivity index (χ0v) is 21.9. The first-order chi connectivity index (χ1) is 16.7. The summed E-state index contributed by atoms with van der Waals surface area (Å²) in [6, 6.07) is 0. The number of carbonyl (C=O) groups excluding carboxylic acids is 2. The quantitative estimate of drug-likeness (QED) is 0.254. The normalized spacial score (nSPS) is 46.8. The van der Waals surface area contributed by atoms with E-state index in [9.17, 15) is 28.2 Å². The Balaban J connectivity index is 1.74. The number of hydrogen-bond acceptors (Lipinski definition) is 10. The molecule has 2 saturated heterocycles. The molecular formula is C25H37NO9S. The van der Waals surface area contributed by atoms with Crippen molar-refractivity contribution in [1.29, 1.82) is 0 Å². The van der Waals surface area contributed by atoms with Crippen LogP contribution in [0.25, 0.3) is 0 Å². The summed E-state index contributed by atoms with van der Waals surface area (Å²) in [6.07, 6.45) is -1.38. The molecule has 10 nitrogen and oxygen atoms in total. The minimum atomic E-state index is -3.90. The van der Waals surface area contributed by atoms with Crippen molar-refractivity contribution in [3.8, 4) is 0 Å². The van der Waals surface area contributed by atoms with Crippen molar-refractivity contribution < 1.29 is 41.9 Å². The molecule has 9 atom stereocenters. The summed E-state index contributed by atoms with van der Waals surface area (Å²) < 4.78 is 43.4. The van der Waals surface area contributed by atoms with Crippen molar-refractivity contribution in [2.75, 3.05) is 18.9 Å². The van der Waals surface area contributed by atoms with Gasteiger partial charge in [-0.25, -0.2) is 0 Å². The van der Waals surface area contributed by atoms with E-state index in [-0.39, 0.29) is 17.9 Å². The number of ether oxygens (including phenoxy) is 2. The minimum absolute atomic E-state index is 0.0879. The van der Waals surface area contributed by atoms with Crippen molar-refractivity contribution in [3.63, 3.8) is 0 Å². The number of ketones is 1. The second kappa shape index (κ2) is 8.07. The lowest BCUT2D eigenvalue weighted by Gasteiger charge is -2.74. The van der Waals surface area contributed by atoms with Crippen LogP contribution in [0, 0.1) is 34.0 Å². The van der Waals surface area contributed by atoms with Gasteiger partial charge in [0.05, 0.1) is 25.0 Å². The maximum absolute atomic E-state index is 14.1. The second-order valence-corrected chi connectivity index (χ2v) is 13.7. The fraction of sp³-hybridized carbons (Fsp3) is 0.840. The smallest absolute Gasteiger partial charge is 0.320 e. The van der Waals surface area contributed by atoms with Crippen LogP contribution in [0.4, 0.5) is 0 Å². The van der Waals surface area contributed by atoms with Crippen molar-refractivity contribution >= 4 is 21.9 Å². The first-order valence-electron chi connectivity index (χ1n) is 12.8. The molecule has 0 unspecified atom stereocenters. The van der Waals surface area contributed by atoms with Crippen molar-refractivity contribution in [2.45, 2.75) is 77.0 Å². The summed E-state index contributed by atoms with van der Waals surface area (Å²) in [5.41, 5.74) is 2.25. The van der Waals surface area contributed by atoms with Crippen LogP contribution in [0.5, 0.6) is 0 Å². The molecule has 0 aromatic rings. The Kier molecular flexibility index (Phi) is 5.88. The number of Topliss-reactive ketones (excluding diaryl/α,β-unsaturated/α-hetero) is 1. The molecule has 0 amide bonds. The minimum Gasteiger partial charge on any atom is -0.459 e. The van der Waals surface area contributed by atoms with E-state index >= 15 is 0 Å². The monoisotopic (exact) mass is 527 g/mol. The maximum Gasteiger partial charge on any atom is 0.320 e. The average molecular weight is 528 g/mol. The number of esters is 1. The topological polar surface area (TPSA) is 162 Å². The number of aliphatic hydroxyl groups is 2. The summed E-state index contributed by atoms with van der Waals surface area (Å²) in [7, 11) is -3.90. The van der Waals surface area contributed by atoms with Crippen LogP contribution in [0.2, 0.25) is 0 Å². The molecule has 0 radical (unpaired) electrons. The van der Waals surface area contributed by atoms with E-state index in [4.69, 9.17) is 19.4 Å². The van der Waals surface area contributed by atoms with E-state index in [1.807, 2.05) is 13.8 Å². The van der Waals surface area contributed by atoms with Crippen LogP contribution in [0.15, 0.2) is 12.2 Å². The van der Waals surface area contributed by atoms with Crippen LogP contribution in [0.1, 0.15) is 52.9 Å². The Hall–Kier alpha value is -1.37. The van der Waals surface area contributed by atoms with Crippen molar-refractivity contribution in [3.05, 3.63) is 12.2 Å². The van der Waals surface area contributed by atoms with Crippen molar-refractivity contribution in [1.82, 2.24) is 0 Å². The third kappa shape index (κ3) is 2.98. The molecule has 4 N–H and O–H groups in total. The van der Waals surface area contributed by atoms with Gasteiger partial charge < -0.3 is 25.4 Å². The van der Waals surface area contributed by atoms with Gasteiger partial charge in [-0.1, -0.05) is 27.4 Å². The number of carbonyl (C=O) groups is 2. The van der Waals surface area contributed by atoms with Gasteiger partial charge in [0.25, 0.3) is 10.1 Å². The summed E-state index contributed by atoms with van der Waals surface area (Å²) >= 11 is 0. The zero-order chi connectivity index (χ0) is 26.5.